The average molecular weight is 306 g/mol. The van der Waals surface area contributed by atoms with Crippen LogP contribution in [-0.2, 0) is 11.3 Å². The summed E-state index contributed by atoms with van der Waals surface area (Å²) in [5.74, 6) is 0.990. The molecule has 2 heterocycles. The SMILES string of the molecule is COC1CCN([C@H]2CCC[C@H]2NCc2nnnn2C2CC2)C1. The molecule has 22 heavy (non-hydrogen) atoms. The summed E-state index contributed by atoms with van der Waals surface area (Å²) in [6.45, 7) is 3.03. The van der Waals surface area contributed by atoms with Crippen LogP contribution in [0, 0.1) is 0 Å². The van der Waals surface area contributed by atoms with E-state index in [1.54, 1.807) is 0 Å². The third-order valence-electron chi connectivity index (χ3n) is 5.43. The van der Waals surface area contributed by atoms with Crippen molar-refractivity contribution in [1.29, 1.82) is 0 Å². The maximum absolute atomic E-state index is 5.51. The molecule has 3 atom stereocenters. The van der Waals surface area contributed by atoms with Crippen LogP contribution in [-0.4, -0.2) is 63.5 Å². The molecule has 0 aromatic carbocycles. The van der Waals surface area contributed by atoms with Gasteiger partial charge in [0.1, 0.15) is 0 Å². The molecular weight excluding hydrogens is 280 g/mol. The summed E-state index contributed by atoms with van der Waals surface area (Å²) in [5, 5.41) is 15.9. The lowest BCUT2D eigenvalue weighted by Gasteiger charge is -2.30. The fraction of sp³-hybridized carbons (Fsp3) is 0.933. The first-order valence-electron chi connectivity index (χ1n) is 8.62. The number of hydrogen-bond acceptors (Lipinski definition) is 6. The van der Waals surface area contributed by atoms with Gasteiger partial charge in [-0.15, -0.1) is 5.10 Å². The van der Waals surface area contributed by atoms with Crippen molar-refractivity contribution >= 4 is 0 Å². The van der Waals surface area contributed by atoms with Crippen LogP contribution < -0.4 is 5.32 Å². The van der Waals surface area contributed by atoms with Gasteiger partial charge in [-0.3, -0.25) is 4.90 Å². The Labute approximate surface area is 131 Å². The highest BCUT2D eigenvalue weighted by Gasteiger charge is 2.36. The Kier molecular flexibility index (Phi) is 4.11. The van der Waals surface area contributed by atoms with Crippen molar-refractivity contribution in [2.45, 2.75) is 69.3 Å². The summed E-state index contributed by atoms with van der Waals surface area (Å²) in [6.07, 6.45) is 7.88. The fourth-order valence-electron chi connectivity index (χ4n) is 4.02. The zero-order valence-electron chi connectivity index (χ0n) is 13.3. The van der Waals surface area contributed by atoms with Gasteiger partial charge in [0.05, 0.1) is 18.7 Å². The molecule has 1 saturated heterocycles. The first-order valence-corrected chi connectivity index (χ1v) is 8.62. The summed E-state index contributed by atoms with van der Waals surface area (Å²) >= 11 is 0. The smallest absolute Gasteiger partial charge is 0.165 e. The van der Waals surface area contributed by atoms with Gasteiger partial charge in [-0.05, 0) is 42.5 Å². The molecule has 1 N–H and O–H groups in total. The van der Waals surface area contributed by atoms with Gasteiger partial charge < -0.3 is 10.1 Å². The van der Waals surface area contributed by atoms with E-state index in [2.05, 4.69) is 25.7 Å². The van der Waals surface area contributed by atoms with Gasteiger partial charge in [0.15, 0.2) is 5.82 Å². The molecule has 7 nitrogen and oxygen atoms in total. The molecule has 122 valence electrons. The van der Waals surface area contributed by atoms with Gasteiger partial charge in [-0.1, -0.05) is 6.42 Å². The molecule has 0 spiro atoms. The first-order chi connectivity index (χ1) is 10.8. The number of ether oxygens (including phenoxy) is 1. The van der Waals surface area contributed by atoms with Crippen LogP contribution >= 0.6 is 0 Å². The molecule has 1 unspecified atom stereocenters. The number of rotatable bonds is 6. The molecule has 3 aliphatic rings. The summed E-state index contributed by atoms with van der Waals surface area (Å²) in [5.41, 5.74) is 0. The predicted octanol–water partition coefficient (Wildman–Crippen LogP) is 0.739. The van der Waals surface area contributed by atoms with E-state index in [1.165, 1.54) is 45.1 Å². The van der Waals surface area contributed by atoms with Gasteiger partial charge in [-0.2, -0.15) is 0 Å². The van der Waals surface area contributed by atoms with Crippen molar-refractivity contribution in [2.24, 2.45) is 0 Å². The van der Waals surface area contributed by atoms with Gasteiger partial charge in [0.2, 0.25) is 0 Å². The first kappa shape index (κ1) is 14.5. The maximum atomic E-state index is 5.51. The quantitative estimate of drug-likeness (QED) is 0.836. The zero-order valence-corrected chi connectivity index (χ0v) is 13.3. The van der Waals surface area contributed by atoms with E-state index in [1.807, 2.05) is 11.8 Å². The van der Waals surface area contributed by atoms with Gasteiger partial charge in [0.25, 0.3) is 0 Å². The molecule has 0 bridgehead atoms. The second-order valence-corrected chi connectivity index (χ2v) is 6.90. The Bertz CT molecular complexity index is 502. The number of tetrazole rings is 1. The fourth-order valence-corrected chi connectivity index (χ4v) is 4.02. The Morgan fingerprint density at radius 3 is 2.91 bits per heavy atom. The van der Waals surface area contributed by atoms with Crippen LogP contribution in [0.15, 0.2) is 0 Å². The zero-order chi connectivity index (χ0) is 14.9. The normalized spacial score (nSPS) is 32.9. The van der Waals surface area contributed by atoms with Crippen LogP contribution in [0.3, 0.4) is 0 Å². The number of nitrogens with zero attached hydrogens (tertiary/aromatic N) is 5. The highest BCUT2D eigenvalue weighted by Crippen LogP contribution is 2.34. The Hall–Kier alpha value is -1.05. The van der Waals surface area contributed by atoms with Crippen LogP contribution in [0.1, 0.15) is 50.4 Å². The molecule has 2 saturated carbocycles. The van der Waals surface area contributed by atoms with Crippen LogP contribution in [0.2, 0.25) is 0 Å². The minimum Gasteiger partial charge on any atom is -0.380 e. The molecule has 0 amide bonds. The highest BCUT2D eigenvalue weighted by molar-refractivity contribution is 4.96. The molecule has 3 fully saturated rings. The molecule has 1 aliphatic heterocycles. The number of nitrogens with one attached hydrogen (secondary N) is 1. The van der Waals surface area contributed by atoms with Crippen molar-refractivity contribution in [3.8, 4) is 0 Å². The van der Waals surface area contributed by atoms with E-state index in [-0.39, 0.29) is 0 Å². The molecule has 7 heteroatoms. The number of aromatic nitrogens is 4. The van der Waals surface area contributed by atoms with E-state index < -0.39 is 0 Å². The van der Waals surface area contributed by atoms with Gasteiger partial charge >= 0.3 is 0 Å². The van der Waals surface area contributed by atoms with Crippen molar-refractivity contribution in [2.75, 3.05) is 20.2 Å². The Morgan fingerprint density at radius 2 is 2.14 bits per heavy atom. The Morgan fingerprint density at radius 1 is 1.23 bits per heavy atom. The number of hydrogen-bond donors (Lipinski definition) is 1. The monoisotopic (exact) mass is 306 g/mol. The van der Waals surface area contributed by atoms with Crippen molar-refractivity contribution in [3.63, 3.8) is 0 Å². The van der Waals surface area contributed by atoms with E-state index in [0.717, 1.165) is 18.9 Å². The molecule has 1 aromatic rings. The second-order valence-electron chi connectivity index (χ2n) is 6.90. The van der Waals surface area contributed by atoms with E-state index in [9.17, 15) is 0 Å². The third-order valence-corrected chi connectivity index (χ3v) is 5.43. The molecule has 0 radical (unpaired) electrons. The molecule has 4 rings (SSSR count). The third kappa shape index (κ3) is 2.89. The minimum atomic E-state index is 0.420. The van der Waals surface area contributed by atoms with Crippen molar-refractivity contribution in [1.82, 2.24) is 30.4 Å². The maximum Gasteiger partial charge on any atom is 0.165 e. The standard InChI is InChI=1S/C15H26N6O/c1-22-12-7-8-20(10-12)14-4-2-3-13(14)16-9-15-17-18-19-21(15)11-5-6-11/h11-14,16H,2-10H2,1H3/t12?,13-,14+/m1/s1. The van der Waals surface area contributed by atoms with Crippen LogP contribution in [0.4, 0.5) is 0 Å². The van der Waals surface area contributed by atoms with E-state index in [0.29, 0.717) is 24.2 Å². The van der Waals surface area contributed by atoms with Crippen molar-refractivity contribution in [3.05, 3.63) is 5.82 Å². The number of methoxy groups -OCH3 is 1. The minimum absolute atomic E-state index is 0.420. The average Bonchev–Trinajstić information content (AvgIpc) is 2.98. The van der Waals surface area contributed by atoms with Crippen LogP contribution in [0.5, 0.6) is 0 Å². The van der Waals surface area contributed by atoms with Crippen LogP contribution in [0.25, 0.3) is 0 Å². The lowest BCUT2D eigenvalue weighted by atomic mass is 10.1. The molecule has 2 aliphatic carbocycles. The number of likely N-dealkylation sites (tertiary alicyclic amines) is 1. The predicted molar refractivity (Wildman–Crippen MR) is 81.3 cm³/mol. The van der Waals surface area contributed by atoms with Crippen molar-refractivity contribution < 1.29 is 4.74 Å². The summed E-state index contributed by atoms with van der Waals surface area (Å²) in [6, 6.07) is 1.75. The van der Waals surface area contributed by atoms with Gasteiger partial charge in [0, 0.05) is 32.3 Å². The summed E-state index contributed by atoms with van der Waals surface area (Å²) < 4.78 is 7.52. The van der Waals surface area contributed by atoms with Gasteiger partial charge in [-0.25, -0.2) is 4.68 Å². The topological polar surface area (TPSA) is 68.1 Å². The van der Waals surface area contributed by atoms with E-state index >= 15 is 0 Å². The molecule has 1 aromatic heterocycles. The van der Waals surface area contributed by atoms with E-state index in [4.69, 9.17) is 4.74 Å². The lowest BCUT2D eigenvalue weighted by molar-refractivity contribution is 0.0979. The lowest BCUT2D eigenvalue weighted by Crippen LogP contribution is -2.46. The summed E-state index contributed by atoms with van der Waals surface area (Å²) in [4.78, 5) is 2.61. The molecular formula is C15H26N6O. The Balaban J connectivity index is 1.34. The summed E-state index contributed by atoms with van der Waals surface area (Å²) in [7, 11) is 1.83. The second kappa shape index (κ2) is 6.22. The largest absolute Gasteiger partial charge is 0.380 e. The highest BCUT2D eigenvalue weighted by atomic mass is 16.5.